The lowest BCUT2D eigenvalue weighted by Crippen LogP contribution is -2.28. The van der Waals surface area contributed by atoms with Crippen LogP contribution in [0.4, 0.5) is 22.4 Å². The van der Waals surface area contributed by atoms with Gasteiger partial charge in [-0.2, -0.15) is 31.4 Å². The highest BCUT2D eigenvalue weighted by atomic mass is 32.2. The molecule has 0 saturated carbocycles. The van der Waals surface area contributed by atoms with E-state index in [-0.39, 0.29) is 11.1 Å². The van der Waals surface area contributed by atoms with E-state index in [2.05, 4.69) is 9.28 Å². The van der Waals surface area contributed by atoms with Gasteiger partial charge in [-0.3, -0.25) is 0 Å². The second kappa shape index (κ2) is 6.23. The highest BCUT2D eigenvalue weighted by molar-refractivity contribution is 7.88. The number of aromatic nitrogens is 2. The second-order valence-electron chi connectivity index (χ2n) is 4.42. The van der Waals surface area contributed by atoms with Crippen molar-refractivity contribution in [1.29, 1.82) is 0 Å². The zero-order chi connectivity index (χ0) is 19.0. The van der Waals surface area contributed by atoms with Crippen molar-refractivity contribution in [3.05, 3.63) is 30.3 Å². The molecule has 0 saturated heterocycles. The molecule has 136 valence electrons. The topological polar surface area (TPSA) is 108 Å². The molecule has 25 heavy (non-hydrogen) atoms. The summed E-state index contributed by atoms with van der Waals surface area (Å²) in [5.74, 6) is -2.72. The molecule has 0 unspecified atom stereocenters. The molecule has 0 radical (unpaired) electrons. The van der Waals surface area contributed by atoms with E-state index >= 15 is 0 Å². The number of nitrogens with zero attached hydrogens (tertiary/aromatic N) is 2. The molecule has 0 atom stereocenters. The van der Waals surface area contributed by atoms with Gasteiger partial charge in [0, 0.05) is 23.4 Å². The van der Waals surface area contributed by atoms with Gasteiger partial charge in [-0.05, 0) is 6.07 Å². The van der Waals surface area contributed by atoms with Crippen molar-refractivity contribution in [2.75, 3.05) is 7.11 Å². The molecule has 2 aromatic rings. The van der Waals surface area contributed by atoms with Crippen LogP contribution < -0.4 is 8.92 Å². The summed E-state index contributed by atoms with van der Waals surface area (Å²) in [7, 11) is -5.03. The Morgan fingerprint density at radius 3 is 2.40 bits per heavy atom. The van der Waals surface area contributed by atoms with Gasteiger partial charge in [-0.1, -0.05) is 0 Å². The van der Waals surface area contributed by atoms with E-state index in [9.17, 15) is 30.8 Å². The molecule has 0 bridgehead atoms. The Morgan fingerprint density at radius 1 is 1.28 bits per heavy atom. The van der Waals surface area contributed by atoms with Crippen LogP contribution in [0.2, 0.25) is 0 Å². The van der Waals surface area contributed by atoms with Gasteiger partial charge in [0.2, 0.25) is 0 Å². The molecule has 0 aliphatic heterocycles. The molecule has 8 nitrogen and oxygen atoms in total. The van der Waals surface area contributed by atoms with E-state index in [1.54, 1.807) is 0 Å². The van der Waals surface area contributed by atoms with Crippen molar-refractivity contribution in [2.45, 2.75) is 5.51 Å². The van der Waals surface area contributed by atoms with Gasteiger partial charge in [-0.15, -0.1) is 0 Å². The standard InChI is InChI=1S/C12H8F4N2O6S/c1-23-9-2-7(6-4-17-18(5-6)11(19)20)8(13)3-10(9)24-25(21,22)12(14,15)16/h2-5H,1H3,(H,19,20). The van der Waals surface area contributed by atoms with Crippen LogP contribution in [0.1, 0.15) is 0 Å². The number of methoxy groups -OCH3 is 1. The number of carboxylic acid groups (broad SMARTS) is 1. The highest BCUT2D eigenvalue weighted by Crippen LogP contribution is 2.37. The van der Waals surface area contributed by atoms with E-state index in [1.165, 1.54) is 0 Å². The maximum atomic E-state index is 14.1. The Balaban J connectivity index is 2.50. The smallest absolute Gasteiger partial charge is 0.493 e. The zero-order valence-electron chi connectivity index (χ0n) is 12.1. The van der Waals surface area contributed by atoms with E-state index < -0.39 is 39.0 Å². The van der Waals surface area contributed by atoms with Crippen LogP contribution in [-0.2, 0) is 10.1 Å². The van der Waals surface area contributed by atoms with Crippen molar-refractivity contribution < 1.29 is 44.8 Å². The third-order valence-corrected chi connectivity index (χ3v) is 3.79. The van der Waals surface area contributed by atoms with Crippen LogP contribution in [0.3, 0.4) is 0 Å². The largest absolute Gasteiger partial charge is 0.534 e. The number of hydrogen-bond donors (Lipinski definition) is 1. The SMILES string of the molecule is COc1cc(-c2cnn(C(=O)O)c2)c(F)cc1OS(=O)(=O)C(F)(F)F. The maximum Gasteiger partial charge on any atom is 0.534 e. The molecule has 1 N–H and O–H groups in total. The van der Waals surface area contributed by atoms with Gasteiger partial charge in [-0.25, -0.2) is 9.18 Å². The fourth-order valence-corrected chi connectivity index (χ4v) is 2.17. The molecule has 0 fully saturated rings. The Kier molecular flexibility index (Phi) is 4.61. The first-order valence-corrected chi connectivity index (χ1v) is 7.53. The van der Waals surface area contributed by atoms with Gasteiger partial charge < -0.3 is 14.0 Å². The van der Waals surface area contributed by atoms with Crippen LogP contribution in [0, 0.1) is 5.82 Å². The molecule has 13 heteroatoms. The van der Waals surface area contributed by atoms with E-state index in [0.29, 0.717) is 10.7 Å². The first kappa shape index (κ1) is 18.5. The highest BCUT2D eigenvalue weighted by Gasteiger charge is 2.49. The van der Waals surface area contributed by atoms with Gasteiger partial charge in [0.1, 0.15) is 5.82 Å². The van der Waals surface area contributed by atoms with Crippen LogP contribution in [0.15, 0.2) is 24.5 Å². The molecule has 1 aromatic heterocycles. The summed E-state index contributed by atoms with van der Waals surface area (Å²) in [6.45, 7) is 0. The summed E-state index contributed by atoms with van der Waals surface area (Å²) in [6, 6.07) is 1.22. The van der Waals surface area contributed by atoms with Crippen molar-refractivity contribution in [1.82, 2.24) is 9.78 Å². The number of hydrogen-bond acceptors (Lipinski definition) is 6. The Morgan fingerprint density at radius 2 is 1.92 bits per heavy atom. The maximum absolute atomic E-state index is 14.1. The normalized spacial score (nSPS) is 12.0. The van der Waals surface area contributed by atoms with Crippen LogP contribution in [-0.4, -0.2) is 42.0 Å². The minimum absolute atomic E-state index is 0.0385. The quantitative estimate of drug-likeness (QED) is 0.490. The lowest BCUT2D eigenvalue weighted by Gasteiger charge is -2.13. The molecule has 1 heterocycles. The average Bonchev–Trinajstić information content (AvgIpc) is 2.95. The van der Waals surface area contributed by atoms with E-state index in [4.69, 9.17) is 9.84 Å². The minimum atomic E-state index is -6.03. The van der Waals surface area contributed by atoms with E-state index in [1.807, 2.05) is 0 Å². The Labute approximate surface area is 137 Å². The minimum Gasteiger partial charge on any atom is -0.493 e. The lowest BCUT2D eigenvalue weighted by molar-refractivity contribution is -0.0500. The molecule has 1 aromatic carbocycles. The van der Waals surface area contributed by atoms with Crippen molar-refractivity contribution in [3.8, 4) is 22.6 Å². The van der Waals surface area contributed by atoms with Gasteiger partial charge in [0.25, 0.3) is 0 Å². The molecule has 0 aliphatic carbocycles. The number of carbonyl (C=O) groups is 1. The molecule has 0 spiro atoms. The number of benzene rings is 1. The predicted octanol–water partition coefficient (Wildman–Crippen LogP) is 2.45. The van der Waals surface area contributed by atoms with Crippen LogP contribution >= 0.6 is 0 Å². The second-order valence-corrected chi connectivity index (χ2v) is 5.96. The Bertz CT molecular complexity index is 922. The molecular formula is C12H8F4N2O6S. The number of alkyl halides is 3. The molecule has 2 rings (SSSR count). The zero-order valence-corrected chi connectivity index (χ0v) is 12.9. The van der Waals surface area contributed by atoms with Crippen LogP contribution in [0.25, 0.3) is 11.1 Å². The third kappa shape index (κ3) is 3.65. The van der Waals surface area contributed by atoms with Crippen molar-refractivity contribution in [3.63, 3.8) is 0 Å². The predicted molar refractivity (Wildman–Crippen MR) is 73.2 cm³/mol. The van der Waals surface area contributed by atoms with Crippen molar-refractivity contribution >= 4 is 16.2 Å². The summed E-state index contributed by atoms with van der Waals surface area (Å²) < 4.78 is 82.3. The molecule has 0 aliphatic rings. The van der Waals surface area contributed by atoms with E-state index in [0.717, 1.165) is 25.6 Å². The lowest BCUT2D eigenvalue weighted by atomic mass is 10.1. The van der Waals surface area contributed by atoms with Crippen LogP contribution in [0.5, 0.6) is 11.5 Å². The first-order chi connectivity index (χ1) is 11.5. The number of ether oxygens (including phenoxy) is 1. The van der Waals surface area contributed by atoms with Gasteiger partial charge in [0.15, 0.2) is 11.5 Å². The summed E-state index contributed by atoms with van der Waals surface area (Å²) in [5.41, 5.74) is -6.04. The summed E-state index contributed by atoms with van der Waals surface area (Å²) >= 11 is 0. The summed E-state index contributed by atoms with van der Waals surface area (Å²) in [6.07, 6.45) is 0.474. The summed E-state index contributed by atoms with van der Waals surface area (Å²) in [5, 5.41) is 12.2. The molecule has 0 amide bonds. The monoisotopic (exact) mass is 384 g/mol. The fraction of sp³-hybridized carbons (Fsp3) is 0.167. The fourth-order valence-electron chi connectivity index (χ4n) is 1.71. The van der Waals surface area contributed by atoms with Gasteiger partial charge in [0.05, 0.1) is 13.3 Å². The van der Waals surface area contributed by atoms with Crippen molar-refractivity contribution in [2.24, 2.45) is 0 Å². The number of rotatable bonds is 4. The average molecular weight is 384 g/mol. The Hall–Kier alpha value is -2.83. The number of halogens is 4. The first-order valence-electron chi connectivity index (χ1n) is 6.13. The van der Waals surface area contributed by atoms with Gasteiger partial charge >= 0.3 is 21.7 Å². The summed E-state index contributed by atoms with van der Waals surface area (Å²) in [4.78, 5) is 10.7. The third-order valence-electron chi connectivity index (χ3n) is 2.83. The molecular weight excluding hydrogens is 376 g/mol.